The second kappa shape index (κ2) is 10.5. The number of hydrogen-bond acceptors (Lipinski definition) is 4. The van der Waals surface area contributed by atoms with Gasteiger partial charge in [-0.15, -0.1) is 0 Å². The van der Waals surface area contributed by atoms with E-state index in [1.807, 2.05) is 24.3 Å². The third kappa shape index (κ3) is 6.99. The van der Waals surface area contributed by atoms with E-state index in [1.54, 1.807) is 25.3 Å². The van der Waals surface area contributed by atoms with Gasteiger partial charge in [0.15, 0.2) is 5.11 Å². The van der Waals surface area contributed by atoms with Gasteiger partial charge in [-0.1, -0.05) is 13.8 Å². The molecule has 0 saturated carbocycles. The van der Waals surface area contributed by atoms with Crippen molar-refractivity contribution in [3.63, 3.8) is 0 Å². The quantitative estimate of drug-likeness (QED) is 0.422. The van der Waals surface area contributed by atoms with Gasteiger partial charge >= 0.3 is 0 Å². The summed E-state index contributed by atoms with van der Waals surface area (Å²) in [6.45, 7) is 5.02. The van der Waals surface area contributed by atoms with Crippen molar-refractivity contribution >= 4 is 51.5 Å². The SMILES string of the molecule is COc1ccc(C(=O)NC(=S)Nc2ccc(OCCC(C)C)cc2)cc1I. The van der Waals surface area contributed by atoms with E-state index in [9.17, 15) is 4.79 Å². The average molecular weight is 498 g/mol. The molecule has 0 saturated heterocycles. The Morgan fingerprint density at radius 2 is 1.89 bits per heavy atom. The zero-order valence-corrected chi connectivity index (χ0v) is 18.5. The number of thiocarbonyl (C=S) groups is 1. The Labute approximate surface area is 179 Å². The van der Waals surface area contributed by atoms with Gasteiger partial charge in [0.05, 0.1) is 17.3 Å². The van der Waals surface area contributed by atoms with E-state index in [0.717, 1.165) is 27.2 Å². The van der Waals surface area contributed by atoms with Gasteiger partial charge in [-0.05, 0) is 89.6 Å². The zero-order chi connectivity index (χ0) is 19.8. The lowest BCUT2D eigenvalue weighted by molar-refractivity contribution is 0.0977. The Bertz CT molecular complexity index is 794. The minimum atomic E-state index is -0.276. The van der Waals surface area contributed by atoms with Crippen LogP contribution in [0, 0.1) is 9.49 Å². The number of rotatable bonds is 7. The Morgan fingerprint density at radius 3 is 2.48 bits per heavy atom. The van der Waals surface area contributed by atoms with Gasteiger partial charge in [0.25, 0.3) is 5.91 Å². The maximum Gasteiger partial charge on any atom is 0.257 e. The second-order valence-electron chi connectivity index (χ2n) is 6.31. The molecule has 7 heteroatoms. The maximum atomic E-state index is 12.3. The van der Waals surface area contributed by atoms with Crippen LogP contribution in [0.15, 0.2) is 42.5 Å². The predicted octanol–water partition coefficient (Wildman–Crippen LogP) is 4.85. The molecule has 0 aliphatic rings. The molecule has 0 atom stereocenters. The molecule has 2 rings (SSSR count). The first-order chi connectivity index (χ1) is 12.9. The second-order valence-corrected chi connectivity index (χ2v) is 7.88. The van der Waals surface area contributed by atoms with E-state index >= 15 is 0 Å². The first kappa shape index (κ1) is 21.4. The topological polar surface area (TPSA) is 59.6 Å². The fraction of sp³-hybridized carbons (Fsp3) is 0.300. The van der Waals surface area contributed by atoms with Crippen molar-refractivity contribution in [2.45, 2.75) is 20.3 Å². The number of hydrogen-bond donors (Lipinski definition) is 2. The number of anilines is 1. The van der Waals surface area contributed by atoms with Crippen molar-refractivity contribution in [1.82, 2.24) is 5.32 Å². The molecule has 0 fully saturated rings. The molecule has 0 bridgehead atoms. The van der Waals surface area contributed by atoms with Gasteiger partial charge in [0.1, 0.15) is 11.5 Å². The predicted molar refractivity (Wildman–Crippen MR) is 121 cm³/mol. The summed E-state index contributed by atoms with van der Waals surface area (Å²) in [4.78, 5) is 12.3. The van der Waals surface area contributed by atoms with Crippen LogP contribution >= 0.6 is 34.8 Å². The highest BCUT2D eigenvalue weighted by Crippen LogP contribution is 2.21. The van der Waals surface area contributed by atoms with Crippen molar-refractivity contribution in [2.24, 2.45) is 5.92 Å². The molecule has 0 radical (unpaired) electrons. The van der Waals surface area contributed by atoms with Crippen molar-refractivity contribution in [2.75, 3.05) is 19.0 Å². The standard InChI is InChI=1S/C20H23IN2O3S/c1-13(2)10-11-26-16-7-5-15(6-8-16)22-20(27)23-19(24)14-4-9-18(25-3)17(21)12-14/h4-9,12-13H,10-11H2,1-3H3,(H2,22,23,24,27). The lowest BCUT2D eigenvalue weighted by Gasteiger charge is -2.12. The summed E-state index contributed by atoms with van der Waals surface area (Å²) in [5, 5.41) is 5.91. The molecule has 0 aliphatic carbocycles. The van der Waals surface area contributed by atoms with Crippen LogP contribution in [0.2, 0.25) is 0 Å². The van der Waals surface area contributed by atoms with Gasteiger partial charge in [0, 0.05) is 11.3 Å². The normalized spacial score (nSPS) is 10.4. The lowest BCUT2D eigenvalue weighted by Crippen LogP contribution is -2.34. The zero-order valence-electron chi connectivity index (χ0n) is 15.5. The summed E-state index contributed by atoms with van der Waals surface area (Å²) in [5.41, 5.74) is 1.29. The highest BCUT2D eigenvalue weighted by Gasteiger charge is 2.10. The smallest absolute Gasteiger partial charge is 0.257 e. The van der Waals surface area contributed by atoms with Crippen molar-refractivity contribution in [3.8, 4) is 11.5 Å². The molecule has 0 unspecified atom stereocenters. The minimum absolute atomic E-state index is 0.235. The van der Waals surface area contributed by atoms with Gasteiger partial charge < -0.3 is 14.8 Å². The maximum absolute atomic E-state index is 12.3. The van der Waals surface area contributed by atoms with Gasteiger partial charge in [-0.3, -0.25) is 10.1 Å². The highest BCUT2D eigenvalue weighted by molar-refractivity contribution is 14.1. The molecule has 0 aliphatic heterocycles. The highest BCUT2D eigenvalue weighted by atomic mass is 127. The largest absolute Gasteiger partial charge is 0.496 e. The van der Waals surface area contributed by atoms with Crippen molar-refractivity contribution < 1.29 is 14.3 Å². The number of methoxy groups -OCH3 is 1. The molecule has 144 valence electrons. The molecule has 2 aromatic carbocycles. The Balaban J connectivity index is 1.87. The summed E-state index contributed by atoms with van der Waals surface area (Å²) in [5.74, 6) is 1.87. The number of amides is 1. The molecule has 0 spiro atoms. The fourth-order valence-corrected chi connectivity index (χ4v) is 3.14. The fourth-order valence-electron chi connectivity index (χ4n) is 2.19. The number of benzene rings is 2. The Morgan fingerprint density at radius 1 is 1.19 bits per heavy atom. The van der Waals surface area contributed by atoms with Crippen molar-refractivity contribution in [1.29, 1.82) is 0 Å². The summed E-state index contributed by atoms with van der Waals surface area (Å²) >= 11 is 7.35. The first-order valence-electron chi connectivity index (χ1n) is 8.57. The summed E-state index contributed by atoms with van der Waals surface area (Å²) < 4.78 is 11.7. The van der Waals surface area contributed by atoms with Crippen LogP contribution in [-0.2, 0) is 0 Å². The van der Waals surface area contributed by atoms with E-state index in [2.05, 4.69) is 47.1 Å². The van der Waals surface area contributed by atoms with Gasteiger partial charge in [-0.25, -0.2) is 0 Å². The minimum Gasteiger partial charge on any atom is -0.496 e. The Hall–Kier alpha value is -1.87. The summed E-state index contributed by atoms with van der Waals surface area (Å²) in [6.07, 6.45) is 1.01. The van der Waals surface area contributed by atoms with Crippen molar-refractivity contribution in [3.05, 3.63) is 51.6 Å². The Kier molecular flexibility index (Phi) is 8.30. The third-order valence-corrected chi connectivity index (χ3v) is 4.76. The molecular formula is C20H23IN2O3S. The van der Waals surface area contributed by atoms with Crippen LogP contribution in [0.3, 0.4) is 0 Å². The summed E-state index contributed by atoms with van der Waals surface area (Å²) in [6, 6.07) is 12.7. The molecular weight excluding hydrogens is 475 g/mol. The van der Waals surface area contributed by atoms with Crippen LogP contribution in [-0.4, -0.2) is 24.7 Å². The van der Waals surface area contributed by atoms with Crippen LogP contribution < -0.4 is 20.1 Å². The number of carbonyl (C=O) groups is 1. The molecule has 1 amide bonds. The lowest BCUT2D eigenvalue weighted by atomic mass is 10.1. The first-order valence-corrected chi connectivity index (χ1v) is 10.1. The van der Waals surface area contributed by atoms with Crippen LogP contribution in [0.5, 0.6) is 11.5 Å². The summed E-state index contributed by atoms with van der Waals surface area (Å²) in [7, 11) is 1.59. The molecule has 5 nitrogen and oxygen atoms in total. The number of carbonyl (C=O) groups excluding carboxylic acids is 1. The molecule has 0 aromatic heterocycles. The molecule has 2 aromatic rings. The van der Waals surface area contributed by atoms with Crippen LogP contribution in [0.4, 0.5) is 5.69 Å². The van der Waals surface area contributed by atoms with E-state index in [4.69, 9.17) is 21.7 Å². The van der Waals surface area contributed by atoms with E-state index < -0.39 is 0 Å². The molecule has 27 heavy (non-hydrogen) atoms. The molecule has 0 heterocycles. The van der Waals surface area contributed by atoms with Crippen LogP contribution in [0.25, 0.3) is 0 Å². The van der Waals surface area contributed by atoms with Crippen LogP contribution in [0.1, 0.15) is 30.6 Å². The number of nitrogens with one attached hydrogen (secondary N) is 2. The van der Waals surface area contributed by atoms with Gasteiger partial charge in [-0.2, -0.15) is 0 Å². The average Bonchev–Trinajstić information content (AvgIpc) is 2.62. The molecule has 2 N–H and O–H groups in total. The number of halogens is 1. The van der Waals surface area contributed by atoms with E-state index in [0.29, 0.717) is 18.1 Å². The monoisotopic (exact) mass is 498 g/mol. The number of ether oxygens (including phenoxy) is 2. The van der Waals surface area contributed by atoms with Gasteiger partial charge in [0.2, 0.25) is 0 Å². The van der Waals surface area contributed by atoms with E-state index in [1.165, 1.54) is 0 Å². The van der Waals surface area contributed by atoms with E-state index in [-0.39, 0.29) is 11.0 Å². The third-order valence-electron chi connectivity index (χ3n) is 3.72.